The number of rotatable bonds is 6. The predicted octanol–water partition coefficient (Wildman–Crippen LogP) is 4.54. The molecule has 0 aromatic heterocycles. The van der Waals surface area contributed by atoms with Crippen LogP contribution in [0.2, 0.25) is 0 Å². The molecule has 0 bridgehead atoms. The maximum Gasteiger partial charge on any atom is 0.330 e. The van der Waals surface area contributed by atoms with Gasteiger partial charge in [0.15, 0.2) is 0 Å². The Morgan fingerprint density at radius 1 is 1.28 bits per heavy atom. The van der Waals surface area contributed by atoms with Crippen LogP contribution in [0, 0.1) is 0 Å². The first-order valence-corrected chi connectivity index (χ1v) is 6.20. The lowest BCUT2D eigenvalue weighted by molar-refractivity contribution is -0.132. The van der Waals surface area contributed by atoms with Crippen molar-refractivity contribution in [2.24, 2.45) is 0 Å². The van der Waals surface area contributed by atoms with Crippen LogP contribution in [-0.4, -0.2) is 11.1 Å². The molecule has 1 aromatic carbocycles. The lowest BCUT2D eigenvalue weighted by atomic mass is 10.1. The molecule has 1 N–H and O–H groups in total. The van der Waals surface area contributed by atoms with Crippen molar-refractivity contribution in [2.45, 2.75) is 32.6 Å². The molecule has 0 aliphatic heterocycles. The van der Waals surface area contributed by atoms with Gasteiger partial charge in [-0.1, -0.05) is 69.3 Å². The van der Waals surface area contributed by atoms with Gasteiger partial charge in [-0.3, -0.25) is 0 Å². The summed E-state index contributed by atoms with van der Waals surface area (Å²) in [6, 6.07) is 10.0. The molecule has 0 radical (unpaired) electrons. The summed E-state index contributed by atoms with van der Waals surface area (Å²) >= 11 is 0. The van der Waals surface area contributed by atoms with Gasteiger partial charge in [0.25, 0.3) is 0 Å². The van der Waals surface area contributed by atoms with Crippen LogP contribution in [0.15, 0.2) is 49.1 Å². The van der Waals surface area contributed by atoms with Gasteiger partial charge in [-0.15, -0.1) is 0 Å². The van der Waals surface area contributed by atoms with Crippen molar-refractivity contribution in [1.29, 1.82) is 0 Å². The number of unbranched alkanes of at least 4 members (excludes halogenated alkanes) is 2. The normalized spacial score (nSPS) is 8.94. The van der Waals surface area contributed by atoms with Gasteiger partial charge < -0.3 is 5.11 Å². The van der Waals surface area contributed by atoms with E-state index in [-0.39, 0.29) is 0 Å². The SMILES string of the molecule is C=C(CCCCC)C(=O)O.C=Cc1ccccc1. The maximum absolute atomic E-state index is 10.2. The fourth-order valence-electron chi connectivity index (χ4n) is 1.28. The van der Waals surface area contributed by atoms with Crippen LogP contribution in [0.5, 0.6) is 0 Å². The minimum Gasteiger partial charge on any atom is -0.478 e. The highest BCUT2D eigenvalue weighted by atomic mass is 16.4. The fraction of sp³-hybridized carbons (Fsp3) is 0.312. The largest absolute Gasteiger partial charge is 0.478 e. The van der Waals surface area contributed by atoms with Crippen LogP contribution in [0.4, 0.5) is 0 Å². The molecular weight excluding hydrogens is 224 g/mol. The van der Waals surface area contributed by atoms with Crippen LogP contribution in [0.3, 0.4) is 0 Å². The van der Waals surface area contributed by atoms with E-state index in [9.17, 15) is 4.79 Å². The van der Waals surface area contributed by atoms with Gasteiger partial charge in [-0.05, 0) is 18.4 Å². The molecule has 0 saturated heterocycles. The van der Waals surface area contributed by atoms with Gasteiger partial charge in [0.1, 0.15) is 0 Å². The smallest absolute Gasteiger partial charge is 0.330 e. The summed E-state index contributed by atoms with van der Waals surface area (Å²) in [6.07, 6.45) is 5.62. The molecule has 0 atom stereocenters. The third kappa shape index (κ3) is 8.34. The minimum absolute atomic E-state index is 0.327. The summed E-state index contributed by atoms with van der Waals surface area (Å²) in [7, 11) is 0. The Bertz CT molecular complexity index is 366. The van der Waals surface area contributed by atoms with Crippen molar-refractivity contribution in [3.05, 3.63) is 54.6 Å². The van der Waals surface area contributed by atoms with E-state index >= 15 is 0 Å². The van der Waals surface area contributed by atoms with Gasteiger partial charge in [0.05, 0.1) is 0 Å². The first kappa shape index (κ1) is 16.2. The number of carboxylic acids is 1. The first-order valence-electron chi connectivity index (χ1n) is 6.20. The average molecular weight is 246 g/mol. The Kier molecular flexibility index (Phi) is 9.28. The van der Waals surface area contributed by atoms with Crippen molar-refractivity contribution < 1.29 is 9.90 Å². The van der Waals surface area contributed by atoms with E-state index in [4.69, 9.17) is 5.11 Å². The van der Waals surface area contributed by atoms with Gasteiger partial charge in [-0.25, -0.2) is 4.79 Å². The van der Waals surface area contributed by atoms with Crippen LogP contribution < -0.4 is 0 Å². The summed E-state index contributed by atoms with van der Waals surface area (Å²) in [6.45, 7) is 9.14. The molecule has 0 amide bonds. The zero-order valence-electron chi connectivity index (χ0n) is 11.1. The van der Waals surface area contributed by atoms with Crippen LogP contribution >= 0.6 is 0 Å². The Balaban J connectivity index is 0.000000327. The standard InChI is InChI=1S/C8H14O2.C8H8/c1-3-4-5-6-7(2)8(9)10;1-2-8-6-4-3-5-7-8/h2-6H2,1H3,(H,9,10);2-7H,1H2. The van der Waals surface area contributed by atoms with Crippen molar-refractivity contribution in [3.8, 4) is 0 Å². The summed E-state index contributed by atoms with van der Waals surface area (Å²) < 4.78 is 0. The van der Waals surface area contributed by atoms with Crippen molar-refractivity contribution in [3.63, 3.8) is 0 Å². The van der Waals surface area contributed by atoms with Crippen LogP contribution in [-0.2, 0) is 4.79 Å². The molecule has 1 rings (SSSR count). The van der Waals surface area contributed by atoms with E-state index in [2.05, 4.69) is 20.1 Å². The lowest BCUT2D eigenvalue weighted by Crippen LogP contribution is -1.98. The molecule has 0 fully saturated rings. The second-order valence-corrected chi connectivity index (χ2v) is 3.98. The Morgan fingerprint density at radius 3 is 2.28 bits per heavy atom. The molecule has 2 heteroatoms. The Morgan fingerprint density at radius 2 is 1.89 bits per heavy atom. The predicted molar refractivity (Wildman–Crippen MR) is 77.5 cm³/mol. The topological polar surface area (TPSA) is 37.3 Å². The van der Waals surface area contributed by atoms with E-state index in [0.717, 1.165) is 19.3 Å². The highest BCUT2D eigenvalue weighted by molar-refractivity contribution is 5.85. The second kappa shape index (κ2) is 10.3. The molecule has 0 aliphatic rings. The van der Waals surface area contributed by atoms with Crippen molar-refractivity contribution >= 4 is 12.0 Å². The zero-order chi connectivity index (χ0) is 13.8. The highest BCUT2D eigenvalue weighted by Crippen LogP contribution is 2.06. The summed E-state index contributed by atoms with van der Waals surface area (Å²) in [5.74, 6) is -0.865. The monoisotopic (exact) mass is 246 g/mol. The molecule has 0 aliphatic carbocycles. The quantitative estimate of drug-likeness (QED) is 0.591. The average Bonchev–Trinajstić information content (AvgIpc) is 2.40. The number of carbonyl (C=O) groups is 1. The first-order chi connectivity index (χ1) is 8.61. The molecule has 0 saturated carbocycles. The van der Waals surface area contributed by atoms with E-state index in [0.29, 0.717) is 12.0 Å². The third-order valence-corrected chi connectivity index (χ3v) is 2.42. The van der Waals surface area contributed by atoms with Crippen molar-refractivity contribution in [2.75, 3.05) is 0 Å². The number of hydrogen-bond donors (Lipinski definition) is 1. The summed E-state index contributed by atoms with van der Waals surface area (Å²) in [4.78, 5) is 10.2. The van der Waals surface area contributed by atoms with Gasteiger partial charge in [-0.2, -0.15) is 0 Å². The second-order valence-electron chi connectivity index (χ2n) is 3.98. The molecule has 0 heterocycles. The third-order valence-electron chi connectivity index (χ3n) is 2.42. The van der Waals surface area contributed by atoms with Crippen LogP contribution in [0.25, 0.3) is 6.08 Å². The van der Waals surface area contributed by atoms with Crippen molar-refractivity contribution in [1.82, 2.24) is 0 Å². The molecule has 98 valence electrons. The number of hydrogen-bond acceptors (Lipinski definition) is 1. The van der Waals surface area contributed by atoms with Gasteiger partial charge in [0.2, 0.25) is 0 Å². The van der Waals surface area contributed by atoms with E-state index in [1.807, 2.05) is 36.4 Å². The van der Waals surface area contributed by atoms with Crippen LogP contribution in [0.1, 0.15) is 38.2 Å². The van der Waals surface area contributed by atoms with Gasteiger partial charge in [0, 0.05) is 5.57 Å². The molecular formula is C16H22O2. The summed E-state index contributed by atoms with van der Waals surface area (Å²) in [5.41, 5.74) is 1.50. The number of benzene rings is 1. The van der Waals surface area contributed by atoms with E-state index in [1.165, 1.54) is 5.56 Å². The summed E-state index contributed by atoms with van der Waals surface area (Å²) in [5, 5.41) is 8.38. The van der Waals surface area contributed by atoms with E-state index in [1.54, 1.807) is 0 Å². The maximum atomic E-state index is 10.2. The molecule has 0 spiro atoms. The molecule has 0 unspecified atom stereocenters. The Hall–Kier alpha value is -1.83. The number of aliphatic carboxylic acids is 1. The lowest BCUT2D eigenvalue weighted by Gasteiger charge is -1.97. The molecule has 2 nitrogen and oxygen atoms in total. The molecule has 18 heavy (non-hydrogen) atoms. The number of carboxylic acid groups (broad SMARTS) is 1. The zero-order valence-corrected chi connectivity index (χ0v) is 11.1. The molecule has 1 aromatic rings. The van der Waals surface area contributed by atoms with Gasteiger partial charge >= 0.3 is 5.97 Å². The minimum atomic E-state index is -0.865. The van der Waals surface area contributed by atoms with E-state index < -0.39 is 5.97 Å². The Labute approximate surface area is 110 Å². The highest BCUT2D eigenvalue weighted by Gasteiger charge is 2.01. The fourth-order valence-corrected chi connectivity index (χ4v) is 1.28.